The average molecular weight is 273 g/mol. The second kappa shape index (κ2) is 4.75. The van der Waals surface area contributed by atoms with Crippen molar-refractivity contribution >= 4 is 11.6 Å². The molecule has 0 aliphatic heterocycles. The van der Waals surface area contributed by atoms with Gasteiger partial charge in [-0.2, -0.15) is 13.2 Å². The lowest BCUT2D eigenvalue weighted by atomic mass is 10.3. The van der Waals surface area contributed by atoms with E-state index in [1.54, 1.807) is 0 Å². The lowest BCUT2D eigenvalue weighted by Crippen LogP contribution is -2.29. The molecule has 1 aromatic carbocycles. The number of rotatable bonds is 2. The zero-order valence-electron chi connectivity index (χ0n) is 8.39. The molecule has 0 radical (unpaired) electrons. The van der Waals surface area contributed by atoms with Gasteiger partial charge >= 0.3 is 18.4 Å². The molecule has 0 aromatic heterocycles. The molecule has 0 saturated heterocycles. The standard InChI is InChI=1S/C9H5F6NO2/c10-8(11,12)7(17)16-5-2-1-3-6(4-5)18-9(13,14)15/h1-4H,(H,16,17). The van der Waals surface area contributed by atoms with Gasteiger partial charge in [0.05, 0.1) is 0 Å². The van der Waals surface area contributed by atoms with Crippen LogP contribution in [0.4, 0.5) is 32.0 Å². The van der Waals surface area contributed by atoms with Crippen LogP contribution >= 0.6 is 0 Å². The first-order chi connectivity index (χ1) is 8.08. The van der Waals surface area contributed by atoms with Crippen molar-refractivity contribution in [3.63, 3.8) is 0 Å². The van der Waals surface area contributed by atoms with Gasteiger partial charge < -0.3 is 10.1 Å². The second-order valence-corrected chi connectivity index (χ2v) is 3.03. The fraction of sp³-hybridized carbons (Fsp3) is 0.222. The Hall–Kier alpha value is -1.93. The molecule has 0 unspecified atom stereocenters. The summed E-state index contributed by atoms with van der Waals surface area (Å²) in [6, 6.07) is 3.51. The van der Waals surface area contributed by atoms with Gasteiger partial charge in [0.15, 0.2) is 0 Å². The first-order valence-corrected chi connectivity index (χ1v) is 4.32. The summed E-state index contributed by atoms with van der Waals surface area (Å²) in [5.74, 6) is -3.02. The largest absolute Gasteiger partial charge is 0.573 e. The predicted octanol–water partition coefficient (Wildman–Crippen LogP) is 3.09. The maximum atomic E-state index is 11.9. The van der Waals surface area contributed by atoms with Crippen molar-refractivity contribution in [2.24, 2.45) is 0 Å². The van der Waals surface area contributed by atoms with Crippen molar-refractivity contribution in [3.05, 3.63) is 24.3 Å². The molecule has 18 heavy (non-hydrogen) atoms. The van der Waals surface area contributed by atoms with Gasteiger partial charge in [-0.05, 0) is 12.1 Å². The summed E-state index contributed by atoms with van der Waals surface area (Å²) in [5.41, 5.74) is -0.459. The van der Waals surface area contributed by atoms with Crippen molar-refractivity contribution in [1.82, 2.24) is 0 Å². The first kappa shape index (κ1) is 14.1. The molecule has 0 heterocycles. The lowest BCUT2D eigenvalue weighted by Gasteiger charge is -2.11. The summed E-state index contributed by atoms with van der Waals surface area (Å²) < 4.78 is 74.6. The number of halogens is 6. The monoisotopic (exact) mass is 273 g/mol. The van der Waals surface area contributed by atoms with Crippen LogP contribution in [0.5, 0.6) is 5.75 Å². The smallest absolute Gasteiger partial charge is 0.406 e. The Balaban J connectivity index is 2.80. The minimum Gasteiger partial charge on any atom is -0.406 e. The zero-order valence-corrected chi connectivity index (χ0v) is 8.39. The van der Waals surface area contributed by atoms with E-state index in [9.17, 15) is 31.1 Å². The highest BCUT2D eigenvalue weighted by Crippen LogP contribution is 2.26. The molecular weight excluding hydrogens is 268 g/mol. The quantitative estimate of drug-likeness (QED) is 0.841. The highest BCUT2D eigenvalue weighted by atomic mass is 19.4. The van der Waals surface area contributed by atoms with Crippen molar-refractivity contribution in [2.45, 2.75) is 12.5 Å². The third-order valence-electron chi connectivity index (χ3n) is 1.58. The highest BCUT2D eigenvalue weighted by Gasteiger charge is 2.38. The molecule has 0 bridgehead atoms. The lowest BCUT2D eigenvalue weighted by molar-refractivity contribution is -0.274. The number of hydrogen-bond donors (Lipinski definition) is 1. The molecule has 100 valence electrons. The third kappa shape index (κ3) is 4.52. The minimum atomic E-state index is -5.12. The Morgan fingerprint density at radius 3 is 2.22 bits per heavy atom. The molecular formula is C9H5F6NO2. The summed E-state index contributed by atoms with van der Waals surface area (Å²) in [5, 5.41) is 1.40. The van der Waals surface area contributed by atoms with Gasteiger partial charge in [-0.15, -0.1) is 13.2 Å². The molecule has 1 N–H and O–H groups in total. The third-order valence-corrected chi connectivity index (χ3v) is 1.58. The number of ether oxygens (including phenoxy) is 1. The number of alkyl halides is 6. The van der Waals surface area contributed by atoms with Gasteiger partial charge in [0.2, 0.25) is 0 Å². The van der Waals surface area contributed by atoms with Crippen LogP contribution in [0.15, 0.2) is 24.3 Å². The number of benzene rings is 1. The van der Waals surface area contributed by atoms with E-state index in [-0.39, 0.29) is 0 Å². The van der Waals surface area contributed by atoms with E-state index in [1.165, 1.54) is 5.32 Å². The summed E-state index contributed by atoms with van der Waals surface area (Å²) in [4.78, 5) is 10.5. The highest BCUT2D eigenvalue weighted by molar-refractivity contribution is 5.95. The van der Waals surface area contributed by atoms with Gasteiger partial charge in [0.25, 0.3) is 0 Å². The van der Waals surface area contributed by atoms with Crippen LogP contribution < -0.4 is 10.1 Å². The average Bonchev–Trinajstić information content (AvgIpc) is 2.13. The van der Waals surface area contributed by atoms with Crippen LogP contribution in [0.2, 0.25) is 0 Å². The Morgan fingerprint density at radius 1 is 1.11 bits per heavy atom. The Kier molecular flexibility index (Phi) is 3.73. The van der Waals surface area contributed by atoms with E-state index in [4.69, 9.17) is 0 Å². The van der Waals surface area contributed by atoms with Crippen LogP contribution in [-0.2, 0) is 4.79 Å². The SMILES string of the molecule is O=C(Nc1cccc(OC(F)(F)F)c1)C(F)(F)F. The van der Waals surface area contributed by atoms with Crippen LogP contribution in [0.1, 0.15) is 0 Å². The van der Waals surface area contributed by atoms with Gasteiger partial charge in [-0.25, -0.2) is 0 Å². The van der Waals surface area contributed by atoms with E-state index < -0.39 is 29.9 Å². The number of carbonyl (C=O) groups excluding carboxylic acids is 1. The maximum Gasteiger partial charge on any atom is 0.573 e. The van der Waals surface area contributed by atoms with Crippen LogP contribution in [0, 0.1) is 0 Å². The number of nitrogens with one attached hydrogen (secondary N) is 1. The summed E-state index contributed by atoms with van der Waals surface area (Å²) in [6.45, 7) is 0. The summed E-state index contributed by atoms with van der Waals surface area (Å²) in [7, 11) is 0. The molecule has 3 nitrogen and oxygen atoms in total. The number of anilines is 1. The Morgan fingerprint density at radius 2 is 1.72 bits per heavy atom. The second-order valence-electron chi connectivity index (χ2n) is 3.03. The van der Waals surface area contributed by atoms with Gasteiger partial charge in [-0.1, -0.05) is 6.07 Å². The molecule has 0 saturated carbocycles. The molecule has 0 atom stereocenters. The fourth-order valence-corrected chi connectivity index (χ4v) is 0.973. The topological polar surface area (TPSA) is 38.3 Å². The van der Waals surface area contributed by atoms with E-state index in [1.807, 2.05) is 0 Å². The van der Waals surface area contributed by atoms with Crippen LogP contribution in [-0.4, -0.2) is 18.4 Å². The van der Waals surface area contributed by atoms with E-state index >= 15 is 0 Å². The van der Waals surface area contributed by atoms with Gasteiger partial charge in [0, 0.05) is 11.8 Å². The normalized spacial score (nSPS) is 12.1. The Labute approximate surface area is 96.3 Å². The fourth-order valence-electron chi connectivity index (χ4n) is 0.973. The number of hydrogen-bond acceptors (Lipinski definition) is 2. The van der Waals surface area contributed by atoms with Gasteiger partial charge in [0.1, 0.15) is 5.75 Å². The summed E-state index contributed by atoms with van der Waals surface area (Å²) in [6.07, 6.45) is -10.1. The van der Waals surface area contributed by atoms with Crippen LogP contribution in [0.25, 0.3) is 0 Å². The Bertz CT molecular complexity index is 439. The molecule has 1 rings (SSSR count). The molecule has 1 aromatic rings. The molecule has 1 amide bonds. The molecule has 0 fully saturated rings. The van der Waals surface area contributed by atoms with Crippen molar-refractivity contribution < 1.29 is 35.9 Å². The van der Waals surface area contributed by atoms with E-state index in [0.29, 0.717) is 6.07 Å². The van der Waals surface area contributed by atoms with Crippen molar-refractivity contribution in [2.75, 3.05) is 5.32 Å². The zero-order chi connectivity index (χ0) is 14.0. The number of carbonyl (C=O) groups is 1. The van der Waals surface area contributed by atoms with E-state index in [2.05, 4.69) is 4.74 Å². The molecule has 0 aliphatic carbocycles. The van der Waals surface area contributed by atoms with Crippen LogP contribution in [0.3, 0.4) is 0 Å². The first-order valence-electron chi connectivity index (χ1n) is 4.32. The predicted molar refractivity (Wildman–Crippen MR) is 47.8 cm³/mol. The minimum absolute atomic E-state index is 0.459. The molecule has 0 aliphatic rings. The number of amides is 1. The molecule has 0 spiro atoms. The van der Waals surface area contributed by atoms with E-state index in [0.717, 1.165) is 18.2 Å². The van der Waals surface area contributed by atoms with Crippen molar-refractivity contribution in [1.29, 1.82) is 0 Å². The van der Waals surface area contributed by atoms with Crippen molar-refractivity contribution in [3.8, 4) is 5.75 Å². The van der Waals surface area contributed by atoms with Gasteiger partial charge in [-0.3, -0.25) is 4.79 Å². The summed E-state index contributed by atoms with van der Waals surface area (Å²) >= 11 is 0. The molecule has 9 heteroatoms. The maximum absolute atomic E-state index is 11.9.